The van der Waals surface area contributed by atoms with Gasteiger partial charge < -0.3 is 16.2 Å². The number of para-hydroxylation sites is 1. The van der Waals surface area contributed by atoms with E-state index in [0.29, 0.717) is 0 Å². The Morgan fingerprint density at radius 3 is 2.33 bits per heavy atom. The number of primary amides is 1. The summed E-state index contributed by atoms with van der Waals surface area (Å²) in [6.07, 6.45) is -4.63. The molecule has 4 N–H and O–H groups in total. The Hall–Kier alpha value is -2.70. The van der Waals surface area contributed by atoms with E-state index in [2.05, 4.69) is 0 Å². The van der Waals surface area contributed by atoms with E-state index in [0.717, 1.165) is 12.1 Å². The predicted molar refractivity (Wildman–Crippen MR) is 70.9 cm³/mol. The summed E-state index contributed by atoms with van der Waals surface area (Å²) >= 11 is 0. The second kappa shape index (κ2) is 5.35. The molecule has 0 aliphatic carbocycles. The van der Waals surface area contributed by atoms with E-state index >= 15 is 0 Å². The van der Waals surface area contributed by atoms with Gasteiger partial charge in [0.05, 0.1) is 5.56 Å². The summed E-state index contributed by atoms with van der Waals surface area (Å²) in [5.74, 6) is -1.31. The van der Waals surface area contributed by atoms with Gasteiger partial charge in [-0.25, -0.2) is 0 Å². The number of hydrogen-bond acceptors (Lipinski definition) is 3. The van der Waals surface area contributed by atoms with Crippen molar-refractivity contribution >= 4 is 11.6 Å². The molecule has 0 saturated carbocycles. The van der Waals surface area contributed by atoms with Gasteiger partial charge in [0.1, 0.15) is 17.1 Å². The third-order valence-corrected chi connectivity index (χ3v) is 2.68. The summed E-state index contributed by atoms with van der Waals surface area (Å²) in [6.45, 7) is 0. The Morgan fingerprint density at radius 2 is 1.71 bits per heavy atom. The number of nitrogen functional groups attached to an aromatic ring is 1. The zero-order valence-corrected chi connectivity index (χ0v) is 10.6. The molecule has 0 unspecified atom stereocenters. The lowest BCUT2D eigenvalue weighted by Gasteiger charge is -2.15. The monoisotopic (exact) mass is 296 g/mol. The van der Waals surface area contributed by atoms with Crippen LogP contribution in [-0.2, 0) is 6.18 Å². The van der Waals surface area contributed by atoms with Gasteiger partial charge in [-0.05, 0) is 30.3 Å². The van der Waals surface area contributed by atoms with Crippen LogP contribution in [0.2, 0.25) is 0 Å². The maximum Gasteiger partial charge on any atom is 0.420 e. The summed E-state index contributed by atoms with van der Waals surface area (Å²) in [5, 5.41) is 0. The molecule has 4 nitrogen and oxygen atoms in total. The van der Waals surface area contributed by atoms with Crippen molar-refractivity contribution in [2.45, 2.75) is 6.18 Å². The van der Waals surface area contributed by atoms with Gasteiger partial charge in [0.25, 0.3) is 5.91 Å². The number of halogens is 3. The molecular formula is C14H11F3N2O2. The number of ether oxygens (including phenoxy) is 1. The number of alkyl halides is 3. The molecule has 0 bridgehead atoms. The van der Waals surface area contributed by atoms with Gasteiger partial charge in [0.2, 0.25) is 0 Å². The third kappa shape index (κ3) is 3.25. The van der Waals surface area contributed by atoms with Crippen molar-refractivity contribution in [3.05, 3.63) is 53.6 Å². The Labute approximate surface area is 118 Å². The highest BCUT2D eigenvalue weighted by atomic mass is 19.4. The van der Waals surface area contributed by atoms with Crippen molar-refractivity contribution in [3.8, 4) is 11.5 Å². The first-order valence-electron chi connectivity index (χ1n) is 5.82. The van der Waals surface area contributed by atoms with E-state index in [9.17, 15) is 18.0 Å². The average Bonchev–Trinajstić information content (AvgIpc) is 2.40. The van der Waals surface area contributed by atoms with Crippen molar-refractivity contribution in [2.24, 2.45) is 5.73 Å². The van der Waals surface area contributed by atoms with Crippen LogP contribution >= 0.6 is 0 Å². The smallest absolute Gasteiger partial charge is 0.420 e. The summed E-state index contributed by atoms with van der Waals surface area (Å²) in [5.41, 5.74) is 9.44. The number of carbonyl (C=O) groups is 1. The predicted octanol–water partition coefficient (Wildman–Crippen LogP) is 3.18. The van der Waals surface area contributed by atoms with E-state index in [-0.39, 0.29) is 17.0 Å². The number of amides is 1. The number of carbonyl (C=O) groups excluding carboxylic acids is 1. The number of anilines is 1. The van der Waals surface area contributed by atoms with Crippen molar-refractivity contribution in [1.82, 2.24) is 0 Å². The van der Waals surface area contributed by atoms with Crippen LogP contribution in [0.15, 0.2) is 42.5 Å². The largest absolute Gasteiger partial charge is 0.456 e. The van der Waals surface area contributed by atoms with Crippen LogP contribution in [0, 0.1) is 0 Å². The molecule has 2 aromatic rings. The molecule has 1 amide bonds. The second-order valence-corrected chi connectivity index (χ2v) is 4.22. The minimum atomic E-state index is -4.63. The zero-order chi connectivity index (χ0) is 15.6. The molecule has 0 aliphatic rings. The van der Waals surface area contributed by atoms with E-state index < -0.39 is 23.4 Å². The van der Waals surface area contributed by atoms with Crippen molar-refractivity contribution in [1.29, 1.82) is 0 Å². The maximum absolute atomic E-state index is 13.0. The summed E-state index contributed by atoms with van der Waals surface area (Å²) < 4.78 is 44.1. The molecule has 0 aliphatic heterocycles. The van der Waals surface area contributed by atoms with Crippen molar-refractivity contribution < 1.29 is 22.7 Å². The molecule has 2 rings (SSSR count). The molecule has 21 heavy (non-hydrogen) atoms. The molecule has 0 atom stereocenters. The van der Waals surface area contributed by atoms with Crippen LogP contribution in [0.4, 0.5) is 18.9 Å². The Morgan fingerprint density at radius 1 is 1.05 bits per heavy atom. The van der Waals surface area contributed by atoms with E-state index in [1.54, 1.807) is 0 Å². The van der Waals surface area contributed by atoms with Gasteiger partial charge in [0.15, 0.2) is 0 Å². The van der Waals surface area contributed by atoms with Gasteiger partial charge in [-0.1, -0.05) is 12.1 Å². The molecular weight excluding hydrogens is 285 g/mol. The Kier molecular flexibility index (Phi) is 3.75. The highest BCUT2D eigenvalue weighted by Crippen LogP contribution is 2.39. The fraction of sp³-hybridized carbons (Fsp3) is 0.0714. The molecule has 2 aromatic carbocycles. The number of nitrogens with two attached hydrogens (primary N) is 2. The van der Waals surface area contributed by atoms with Crippen LogP contribution in [0.5, 0.6) is 11.5 Å². The van der Waals surface area contributed by atoms with Crippen molar-refractivity contribution in [2.75, 3.05) is 5.73 Å². The minimum absolute atomic E-state index is 0.0116. The lowest BCUT2D eigenvalue weighted by atomic mass is 10.1. The van der Waals surface area contributed by atoms with Crippen LogP contribution in [0.3, 0.4) is 0 Å². The third-order valence-electron chi connectivity index (χ3n) is 2.68. The van der Waals surface area contributed by atoms with Crippen LogP contribution in [0.1, 0.15) is 15.9 Å². The molecule has 110 valence electrons. The second-order valence-electron chi connectivity index (χ2n) is 4.22. The molecule has 7 heteroatoms. The topological polar surface area (TPSA) is 78.3 Å². The maximum atomic E-state index is 13.0. The number of hydrogen-bond donors (Lipinski definition) is 2. The SMILES string of the molecule is NC(=O)c1ccccc1Oc1ccc(N)cc1C(F)(F)F. The van der Waals surface area contributed by atoms with Crippen LogP contribution in [-0.4, -0.2) is 5.91 Å². The first kappa shape index (κ1) is 14.7. The molecule has 0 radical (unpaired) electrons. The molecule has 0 heterocycles. The first-order chi connectivity index (χ1) is 9.79. The minimum Gasteiger partial charge on any atom is -0.456 e. The lowest BCUT2D eigenvalue weighted by molar-refractivity contribution is -0.138. The summed E-state index contributed by atoms with van der Waals surface area (Å²) in [4.78, 5) is 11.2. The van der Waals surface area contributed by atoms with E-state index in [1.165, 1.54) is 30.3 Å². The fourth-order valence-corrected chi connectivity index (χ4v) is 1.74. The van der Waals surface area contributed by atoms with Crippen LogP contribution < -0.4 is 16.2 Å². The van der Waals surface area contributed by atoms with E-state index in [1.807, 2.05) is 0 Å². The van der Waals surface area contributed by atoms with Gasteiger partial charge in [-0.3, -0.25) is 4.79 Å². The molecule has 0 spiro atoms. The molecule has 0 fully saturated rings. The average molecular weight is 296 g/mol. The molecule has 0 saturated heterocycles. The fourth-order valence-electron chi connectivity index (χ4n) is 1.74. The summed E-state index contributed by atoms with van der Waals surface area (Å²) in [6, 6.07) is 8.90. The zero-order valence-electron chi connectivity index (χ0n) is 10.6. The number of rotatable bonds is 3. The first-order valence-corrected chi connectivity index (χ1v) is 5.82. The normalized spacial score (nSPS) is 11.2. The van der Waals surface area contributed by atoms with Gasteiger partial charge in [-0.15, -0.1) is 0 Å². The highest BCUT2D eigenvalue weighted by Gasteiger charge is 2.35. The van der Waals surface area contributed by atoms with Gasteiger partial charge >= 0.3 is 6.18 Å². The highest BCUT2D eigenvalue weighted by molar-refractivity contribution is 5.95. The lowest BCUT2D eigenvalue weighted by Crippen LogP contribution is -2.13. The Bertz CT molecular complexity index is 684. The van der Waals surface area contributed by atoms with Gasteiger partial charge in [-0.2, -0.15) is 13.2 Å². The quantitative estimate of drug-likeness (QED) is 0.854. The summed E-state index contributed by atoms with van der Waals surface area (Å²) in [7, 11) is 0. The van der Waals surface area contributed by atoms with Gasteiger partial charge in [0, 0.05) is 5.69 Å². The van der Waals surface area contributed by atoms with Crippen molar-refractivity contribution in [3.63, 3.8) is 0 Å². The Balaban J connectivity index is 2.48. The van der Waals surface area contributed by atoms with Crippen LogP contribution in [0.25, 0.3) is 0 Å². The van der Waals surface area contributed by atoms with E-state index in [4.69, 9.17) is 16.2 Å². The standard InChI is InChI=1S/C14H11F3N2O2/c15-14(16,17)10-7-8(18)5-6-12(10)21-11-4-2-1-3-9(11)13(19)20/h1-7H,18H2,(H2,19,20). The number of benzene rings is 2. The molecule has 0 aromatic heterocycles.